The Labute approximate surface area is 211 Å². The molecule has 3 aromatic rings. The van der Waals surface area contributed by atoms with Crippen LogP contribution in [0, 0.1) is 5.92 Å². The molecule has 0 bridgehead atoms. The Morgan fingerprint density at radius 1 is 1.00 bits per heavy atom. The molecule has 2 aliphatic heterocycles. The standard InChI is InChI=1S/C27H35N9/c1-19-13-23-24(15-21(19)22-16-26(31-18-30-22)36-9-3-2-4-10-36)33-27(32-23)34-25-14-20(5-6-29-25)17-35-11-7-28-8-12-35/h5-6,13-16,18-19,21,28H,2-4,7-12,17H2,1H3,(H2,29,32,33,34). The first-order chi connectivity index (χ1) is 17.7. The number of H-pyrrole nitrogens is 1. The fraction of sp³-hybridized carbons (Fsp3) is 0.481. The number of piperazine rings is 1. The quantitative estimate of drug-likeness (QED) is 0.486. The molecule has 5 heterocycles. The highest BCUT2D eigenvalue weighted by Gasteiger charge is 2.23. The van der Waals surface area contributed by atoms with Crippen molar-refractivity contribution in [3.8, 4) is 0 Å². The van der Waals surface area contributed by atoms with Gasteiger partial charge in [0.1, 0.15) is 18.0 Å². The number of aromatic amines is 1. The Morgan fingerprint density at radius 2 is 1.86 bits per heavy atom. The average molecular weight is 486 g/mol. The molecule has 3 N–H and O–H groups in total. The molecule has 2 fully saturated rings. The van der Waals surface area contributed by atoms with E-state index in [4.69, 9.17) is 4.98 Å². The molecule has 2 unspecified atom stereocenters. The van der Waals surface area contributed by atoms with Crippen LogP contribution in [0.15, 0.2) is 30.7 Å². The molecule has 0 saturated carbocycles. The van der Waals surface area contributed by atoms with Crippen LogP contribution in [0.2, 0.25) is 0 Å². The normalized spacial score (nSPS) is 22.4. The number of nitrogens with one attached hydrogen (secondary N) is 3. The molecule has 9 nitrogen and oxygen atoms in total. The maximum atomic E-state index is 4.81. The van der Waals surface area contributed by atoms with Crippen LogP contribution in [0.1, 0.15) is 43.4 Å². The molecule has 1 aliphatic carbocycles. The van der Waals surface area contributed by atoms with Crippen LogP contribution in [0.3, 0.4) is 0 Å². The second kappa shape index (κ2) is 10.4. The van der Waals surface area contributed by atoms with Gasteiger partial charge in [-0.2, -0.15) is 0 Å². The maximum Gasteiger partial charge on any atom is 0.206 e. The third-order valence-corrected chi connectivity index (χ3v) is 7.48. The van der Waals surface area contributed by atoms with Crippen molar-refractivity contribution in [1.82, 2.24) is 35.1 Å². The Balaban J connectivity index is 1.20. The number of anilines is 3. The van der Waals surface area contributed by atoms with Crippen LogP contribution in [-0.4, -0.2) is 69.1 Å². The van der Waals surface area contributed by atoms with E-state index in [-0.39, 0.29) is 5.92 Å². The summed E-state index contributed by atoms with van der Waals surface area (Å²) in [4.78, 5) is 26.9. The Hall–Kier alpha value is -3.30. The van der Waals surface area contributed by atoms with Crippen LogP contribution in [-0.2, 0) is 6.54 Å². The Bertz CT molecular complexity index is 1300. The van der Waals surface area contributed by atoms with Gasteiger partial charge in [-0.05, 0) is 49.0 Å². The molecule has 9 heteroatoms. The van der Waals surface area contributed by atoms with Crippen LogP contribution < -0.4 is 26.2 Å². The molecule has 6 rings (SSSR count). The number of hydrogen-bond acceptors (Lipinski definition) is 8. The molecule has 3 aromatic heterocycles. The van der Waals surface area contributed by atoms with Crippen molar-refractivity contribution in [2.75, 3.05) is 49.5 Å². The second-order valence-corrected chi connectivity index (χ2v) is 10.2. The van der Waals surface area contributed by atoms with Gasteiger partial charge in [0, 0.05) is 64.0 Å². The summed E-state index contributed by atoms with van der Waals surface area (Å²) in [6.45, 7) is 9.58. The van der Waals surface area contributed by atoms with E-state index in [1.54, 1.807) is 6.33 Å². The van der Waals surface area contributed by atoms with Crippen molar-refractivity contribution in [2.45, 2.75) is 38.6 Å². The lowest BCUT2D eigenvalue weighted by atomic mass is 9.87. The smallest absolute Gasteiger partial charge is 0.206 e. The third kappa shape index (κ3) is 5.12. The fourth-order valence-corrected chi connectivity index (χ4v) is 5.48. The number of fused-ring (bicyclic) bond motifs is 1. The number of pyridine rings is 1. The highest BCUT2D eigenvalue weighted by atomic mass is 15.2. The summed E-state index contributed by atoms with van der Waals surface area (Å²) in [7, 11) is 0. The first kappa shape index (κ1) is 23.1. The molecular weight excluding hydrogens is 450 g/mol. The molecule has 0 aromatic carbocycles. The minimum atomic E-state index is 0.179. The lowest BCUT2D eigenvalue weighted by molar-refractivity contribution is 0.233. The molecule has 0 radical (unpaired) electrons. The molecule has 36 heavy (non-hydrogen) atoms. The van der Waals surface area contributed by atoms with Gasteiger partial charge in [-0.3, -0.25) is 4.90 Å². The van der Waals surface area contributed by atoms with E-state index < -0.39 is 0 Å². The van der Waals surface area contributed by atoms with Crippen molar-refractivity contribution < 1.29 is 0 Å². The van der Waals surface area contributed by atoms with Gasteiger partial charge >= 0.3 is 0 Å². The van der Waals surface area contributed by atoms with Gasteiger partial charge in [-0.25, -0.2) is 19.9 Å². The van der Waals surface area contributed by atoms with E-state index in [0.29, 0.717) is 11.9 Å². The monoisotopic (exact) mass is 485 g/mol. The van der Waals surface area contributed by atoms with Gasteiger partial charge in [-0.1, -0.05) is 13.0 Å². The van der Waals surface area contributed by atoms with E-state index in [0.717, 1.165) is 73.8 Å². The summed E-state index contributed by atoms with van der Waals surface area (Å²) in [6, 6.07) is 6.38. The van der Waals surface area contributed by atoms with Gasteiger partial charge in [-0.15, -0.1) is 0 Å². The van der Waals surface area contributed by atoms with Crippen LogP contribution in [0.5, 0.6) is 0 Å². The number of piperidine rings is 1. The predicted molar refractivity (Wildman–Crippen MR) is 142 cm³/mol. The summed E-state index contributed by atoms with van der Waals surface area (Å²) < 4.78 is 0. The summed E-state index contributed by atoms with van der Waals surface area (Å²) in [5.74, 6) is 3.03. The van der Waals surface area contributed by atoms with Crippen molar-refractivity contribution >= 4 is 29.7 Å². The number of aromatic nitrogens is 5. The highest BCUT2D eigenvalue weighted by Crippen LogP contribution is 2.29. The predicted octanol–water partition coefficient (Wildman–Crippen LogP) is 1.73. The Kier molecular flexibility index (Phi) is 6.65. The van der Waals surface area contributed by atoms with Gasteiger partial charge < -0.3 is 20.5 Å². The lowest BCUT2D eigenvalue weighted by Gasteiger charge is -2.28. The summed E-state index contributed by atoms with van der Waals surface area (Å²) in [5.41, 5.74) is 2.32. The zero-order valence-corrected chi connectivity index (χ0v) is 21.0. The second-order valence-electron chi connectivity index (χ2n) is 10.2. The number of rotatable bonds is 6. The summed E-state index contributed by atoms with van der Waals surface area (Å²) >= 11 is 0. The number of hydrogen-bond donors (Lipinski definition) is 3. The Morgan fingerprint density at radius 3 is 2.72 bits per heavy atom. The van der Waals surface area contributed by atoms with E-state index in [1.165, 1.54) is 24.8 Å². The van der Waals surface area contributed by atoms with Crippen molar-refractivity contribution in [2.24, 2.45) is 5.92 Å². The highest BCUT2D eigenvalue weighted by molar-refractivity contribution is 5.53. The SMILES string of the molecule is CC1C=c2nc(Nc3cc(CN4CCNCC4)ccn3)[nH]c2=CC1c1cc(N2CCCCC2)ncn1. The minimum Gasteiger partial charge on any atom is -0.357 e. The van der Waals surface area contributed by atoms with E-state index >= 15 is 0 Å². The average Bonchev–Trinajstić information content (AvgIpc) is 3.30. The molecule has 188 valence electrons. The van der Waals surface area contributed by atoms with Crippen molar-refractivity contribution in [3.63, 3.8) is 0 Å². The molecule has 2 saturated heterocycles. The van der Waals surface area contributed by atoms with Gasteiger partial charge in [0.2, 0.25) is 5.95 Å². The van der Waals surface area contributed by atoms with E-state index in [9.17, 15) is 0 Å². The largest absolute Gasteiger partial charge is 0.357 e. The minimum absolute atomic E-state index is 0.179. The van der Waals surface area contributed by atoms with Gasteiger partial charge in [0.25, 0.3) is 0 Å². The molecule has 0 amide bonds. The first-order valence-corrected chi connectivity index (χ1v) is 13.2. The van der Waals surface area contributed by atoms with Crippen LogP contribution >= 0.6 is 0 Å². The molecule has 3 aliphatic rings. The number of nitrogens with zero attached hydrogens (tertiary/aromatic N) is 6. The summed E-state index contributed by atoms with van der Waals surface area (Å²) in [6.07, 6.45) is 11.9. The topological polar surface area (TPSA) is 97.9 Å². The van der Waals surface area contributed by atoms with Crippen LogP contribution in [0.4, 0.5) is 17.6 Å². The lowest BCUT2D eigenvalue weighted by Crippen LogP contribution is -2.42. The van der Waals surface area contributed by atoms with E-state index in [2.05, 4.69) is 77.6 Å². The van der Waals surface area contributed by atoms with Crippen molar-refractivity contribution in [3.05, 3.63) is 52.7 Å². The van der Waals surface area contributed by atoms with Gasteiger partial charge in [0.15, 0.2) is 0 Å². The van der Waals surface area contributed by atoms with E-state index in [1.807, 2.05) is 6.20 Å². The maximum absolute atomic E-state index is 4.81. The van der Waals surface area contributed by atoms with Gasteiger partial charge in [0.05, 0.1) is 16.4 Å². The van der Waals surface area contributed by atoms with Crippen molar-refractivity contribution in [1.29, 1.82) is 0 Å². The fourth-order valence-electron chi connectivity index (χ4n) is 5.48. The zero-order chi connectivity index (χ0) is 24.3. The summed E-state index contributed by atoms with van der Waals surface area (Å²) in [5, 5.41) is 8.79. The van der Waals surface area contributed by atoms with Crippen LogP contribution in [0.25, 0.3) is 12.2 Å². The zero-order valence-electron chi connectivity index (χ0n) is 21.0. The molecule has 0 spiro atoms. The molecule has 2 atom stereocenters. The first-order valence-electron chi connectivity index (χ1n) is 13.2. The number of imidazole rings is 1. The molecular formula is C27H35N9. The third-order valence-electron chi connectivity index (χ3n) is 7.48.